The Hall–Kier alpha value is -2.05. The van der Waals surface area contributed by atoms with Crippen molar-refractivity contribution in [3.05, 3.63) is 58.4 Å². The summed E-state index contributed by atoms with van der Waals surface area (Å²) in [6.45, 7) is 1.71. The number of carbonyl (C=O) groups is 2. The molecule has 1 amide bonds. The van der Waals surface area contributed by atoms with Crippen LogP contribution in [0.25, 0.3) is 0 Å². The number of carbonyl (C=O) groups excluding carboxylic acids is 1. The van der Waals surface area contributed by atoms with Gasteiger partial charge in [0, 0.05) is 15.5 Å². The molecule has 1 atom stereocenters. The molecule has 1 heterocycles. The van der Waals surface area contributed by atoms with E-state index in [0.29, 0.717) is 5.69 Å². The molecule has 24 heavy (non-hydrogen) atoms. The second-order valence-electron chi connectivity index (χ2n) is 5.37. The first kappa shape index (κ1) is 16.8. The average molecular weight is 366 g/mol. The summed E-state index contributed by atoms with van der Waals surface area (Å²) in [6, 6.07) is 8.92. The predicted molar refractivity (Wildman–Crippen MR) is 91.3 cm³/mol. The van der Waals surface area contributed by atoms with Crippen LogP contribution >= 0.6 is 23.4 Å². The number of anilines is 1. The number of nitrogens with zero attached hydrogens (tertiary/aromatic N) is 1. The van der Waals surface area contributed by atoms with Gasteiger partial charge < -0.3 is 10.0 Å². The smallest absolute Gasteiger partial charge is 0.335 e. The molecular formula is C17H13ClFNO3S. The van der Waals surface area contributed by atoms with Crippen molar-refractivity contribution in [1.29, 1.82) is 0 Å². The summed E-state index contributed by atoms with van der Waals surface area (Å²) >= 11 is 7.42. The minimum Gasteiger partial charge on any atom is -0.478 e. The van der Waals surface area contributed by atoms with Gasteiger partial charge in [-0.25, -0.2) is 9.18 Å². The molecule has 1 unspecified atom stereocenters. The zero-order valence-electron chi connectivity index (χ0n) is 12.6. The Bertz CT molecular complexity index is 822. The number of halogens is 2. The summed E-state index contributed by atoms with van der Waals surface area (Å²) < 4.78 is 14.1. The van der Waals surface area contributed by atoms with E-state index < -0.39 is 11.8 Å². The lowest BCUT2D eigenvalue weighted by Crippen LogP contribution is -2.39. The fourth-order valence-electron chi connectivity index (χ4n) is 2.54. The number of rotatable bonds is 3. The monoisotopic (exact) mass is 365 g/mol. The maximum atomic E-state index is 14.1. The molecule has 0 saturated heterocycles. The van der Waals surface area contributed by atoms with E-state index in [-0.39, 0.29) is 33.9 Å². The van der Waals surface area contributed by atoms with E-state index in [2.05, 4.69) is 0 Å². The second kappa shape index (κ2) is 6.45. The van der Waals surface area contributed by atoms with Gasteiger partial charge in [-0.05, 0) is 37.3 Å². The Balaban J connectivity index is 2.08. The minimum absolute atomic E-state index is 0.0503. The molecule has 2 aromatic carbocycles. The lowest BCUT2D eigenvalue weighted by molar-refractivity contribution is -0.118. The fraction of sp³-hybridized carbons (Fsp3) is 0.176. The molecule has 1 N–H and O–H groups in total. The molecule has 1 aliphatic heterocycles. The second-order valence-corrected chi connectivity index (χ2v) is 7.16. The number of amides is 1. The van der Waals surface area contributed by atoms with Gasteiger partial charge in [0.25, 0.3) is 0 Å². The maximum absolute atomic E-state index is 14.1. The van der Waals surface area contributed by atoms with Crippen molar-refractivity contribution in [2.75, 3.05) is 4.90 Å². The third-order valence-corrected chi connectivity index (χ3v) is 5.30. The lowest BCUT2D eigenvalue weighted by atomic mass is 10.1. The molecule has 1 aliphatic rings. The molecule has 4 nitrogen and oxygen atoms in total. The van der Waals surface area contributed by atoms with Gasteiger partial charge in [0.05, 0.1) is 23.0 Å². The van der Waals surface area contributed by atoms with Crippen molar-refractivity contribution in [3.63, 3.8) is 0 Å². The summed E-state index contributed by atoms with van der Waals surface area (Å²) in [5.74, 6) is -1.80. The SMILES string of the molecule is CC1Sc2ccc(C(=O)O)cc2N(Cc2c(F)cccc2Cl)C1=O. The number of hydrogen-bond donors (Lipinski definition) is 1. The van der Waals surface area contributed by atoms with Crippen LogP contribution < -0.4 is 4.90 Å². The molecule has 124 valence electrons. The fourth-order valence-corrected chi connectivity index (χ4v) is 3.81. The summed E-state index contributed by atoms with van der Waals surface area (Å²) in [4.78, 5) is 26.0. The van der Waals surface area contributed by atoms with Gasteiger partial charge in [0.2, 0.25) is 5.91 Å². The highest BCUT2D eigenvalue weighted by Gasteiger charge is 2.32. The Morgan fingerprint density at radius 3 is 2.79 bits per heavy atom. The molecule has 0 radical (unpaired) electrons. The zero-order chi connectivity index (χ0) is 17.4. The third-order valence-electron chi connectivity index (χ3n) is 3.79. The van der Waals surface area contributed by atoms with E-state index in [4.69, 9.17) is 11.6 Å². The first-order chi connectivity index (χ1) is 11.4. The van der Waals surface area contributed by atoms with Crippen LogP contribution in [0.2, 0.25) is 5.02 Å². The van der Waals surface area contributed by atoms with E-state index >= 15 is 0 Å². The van der Waals surface area contributed by atoms with Gasteiger partial charge in [-0.1, -0.05) is 17.7 Å². The van der Waals surface area contributed by atoms with Crippen LogP contribution in [0.4, 0.5) is 10.1 Å². The first-order valence-corrected chi connectivity index (χ1v) is 8.42. The highest BCUT2D eigenvalue weighted by atomic mass is 35.5. The summed E-state index contributed by atoms with van der Waals surface area (Å²) in [7, 11) is 0. The number of hydrogen-bond acceptors (Lipinski definition) is 3. The Morgan fingerprint density at radius 2 is 2.12 bits per heavy atom. The molecule has 0 aliphatic carbocycles. The third kappa shape index (κ3) is 2.99. The predicted octanol–water partition coefficient (Wildman–Crippen LogP) is 4.20. The van der Waals surface area contributed by atoms with Gasteiger partial charge in [-0.3, -0.25) is 4.79 Å². The molecular weight excluding hydrogens is 353 g/mol. The lowest BCUT2D eigenvalue weighted by Gasteiger charge is -2.33. The van der Waals surface area contributed by atoms with E-state index in [9.17, 15) is 19.1 Å². The highest BCUT2D eigenvalue weighted by molar-refractivity contribution is 8.00. The number of aromatic carboxylic acids is 1. The highest BCUT2D eigenvalue weighted by Crippen LogP contribution is 2.41. The minimum atomic E-state index is -1.09. The van der Waals surface area contributed by atoms with E-state index in [1.807, 2.05) is 0 Å². The van der Waals surface area contributed by atoms with Crippen LogP contribution in [0.3, 0.4) is 0 Å². The Morgan fingerprint density at radius 1 is 1.38 bits per heavy atom. The van der Waals surface area contributed by atoms with Crippen molar-refractivity contribution < 1.29 is 19.1 Å². The molecule has 0 aromatic heterocycles. The number of carboxylic acid groups (broad SMARTS) is 1. The molecule has 0 spiro atoms. The standard InChI is InChI=1S/C17H13ClFNO3S/c1-9-16(21)20(8-11-12(18)3-2-4-13(11)19)14-7-10(17(22)23)5-6-15(14)24-9/h2-7,9H,8H2,1H3,(H,22,23). The van der Waals surface area contributed by atoms with Crippen LogP contribution in [0, 0.1) is 5.82 Å². The quantitative estimate of drug-likeness (QED) is 0.885. The molecule has 2 aromatic rings. The topological polar surface area (TPSA) is 57.6 Å². The van der Waals surface area contributed by atoms with Crippen LogP contribution in [-0.4, -0.2) is 22.2 Å². The van der Waals surface area contributed by atoms with Crippen molar-refractivity contribution >= 4 is 40.9 Å². The number of thioether (sulfide) groups is 1. The van der Waals surface area contributed by atoms with Crippen LogP contribution in [0.15, 0.2) is 41.3 Å². The normalized spacial score (nSPS) is 16.9. The zero-order valence-corrected chi connectivity index (χ0v) is 14.2. The number of fused-ring (bicyclic) bond motifs is 1. The Labute approximate surface area is 147 Å². The Kier molecular flexibility index (Phi) is 4.51. The van der Waals surface area contributed by atoms with Crippen LogP contribution in [0.5, 0.6) is 0 Å². The van der Waals surface area contributed by atoms with Crippen molar-refractivity contribution in [2.45, 2.75) is 23.6 Å². The number of benzene rings is 2. The van der Waals surface area contributed by atoms with Crippen molar-refractivity contribution in [1.82, 2.24) is 0 Å². The average Bonchev–Trinajstić information content (AvgIpc) is 2.54. The van der Waals surface area contributed by atoms with E-state index in [1.165, 1.54) is 40.9 Å². The molecule has 3 rings (SSSR count). The van der Waals surface area contributed by atoms with E-state index in [0.717, 1.165) is 4.90 Å². The summed E-state index contributed by atoms with van der Waals surface area (Å²) in [5, 5.41) is 9.06. The summed E-state index contributed by atoms with van der Waals surface area (Å²) in [6.07, 6.45) is 0. The van der Waals surface area contributed by atoms with Gasteiger partial charge in [-0.15, -0.1) is 11.8 Å². The van der Waals surface area contributed by atoms with Gasteiger partial charge in [0.15, 0.2) is 0 Å². The van der Waals surface area contributed by atoms with Gasteiger partial charge in [-0.2, -0.15) is 0 Å². The van der Waals surface area contributed by atoms with Crippen LogP contribution in [0.1, 0.15) is 22.8 Å². The van der Waals surface area contributed by atoms with Crippen molar-refractivity contribution in [2.24, 2.45) is 0 Å². The molecule has 0 saturated carbocycles. The molecule has 0 fully saturated rings. The maximum Gasteiger partial charge on any atom is 0.335 e. The van der Waals surface area contributed by atoms with Crippen molar-refractivity contribution in [3.8, 4) is 0 Å². The van der Waals surface area contributed by atoms with Gasteiger partial charge >= 0.3 is 5.97 Å². The van der Waals surface area contributed by atoms with Gasteiger partial charge in [0.1, 0.15) is 5.82 Å². The first-order valence-electron chi connectivity index (χ1n) is 7.16. The molecule has 0 bridgehead atoms. The van der Waals surface area contributed by atoms with E-state index in [1.54, 1.807) is 19.1 Å². The van der Waals surface area contributed by atoms with Crippen LogP contribution in [-0.2, 0) is 11.3 Å². The number of carboxylic acids is 1. The summed E-state index contributed by atoms with van der Waals surface area (Å²) in [5.41, 5.74) is 0.738. The largest absolute Gasteiger partial charge is 0.478 e. The molecule has 7 heteroatoms.